The second-order valence-electron chi connectivity index (χ2n) is 5.93. The number of benzene rings is 1. The number of hydrogen-bond acceptors (Lipinski definition) is 5. The van der Waals surface area contributed by atoms with Gasteiger partial charge in [0, 0.05) is 0 Å². The molecule has 1 aromatic rings. The Labute approximate surface area is 150 Å². The van der Waals surface area contributed by atoms with E-state index >= 15 is 0 Å². The van der Waals surface area contributed by atoms with Gasteiger partial charge in [0.2, 0.25) is 9.84 Å². The summed E-state index contributed by atoms with van der Waals surface area (Å²) in [6, 6.07) is 6.70. The van der Waals surface area contributed by atoms with Crippen molar-refractivity contribution < 1.29 is 13.5 Å². The van der Waals surface area contributed by atoms with Crippen molar-refractivity contribution in [2.75, 3.05) is 5.75 Å². The molecular formula is C19H24N2O3S. The average molecular weight is 360 g/mol. The molecule has 1 aromatic carbocycles. The van der Waals surface area contributed by atoms with E-state index in [0.717, 1.165) is 36.8 Å². The molecule has 0 amide bonds. The fourth-order valence-corrected chi connectivity index (χ4v) is 3.27. The molecule has 0 saturated heterocycles. The Bertz CT molecular complexity index is 783. The van der Waals surface area contributed by atoms with Crippen LogP contribution in [0.2, 0.25) is 0 Å². The van der Waals surface area contributed by atoms with Crippen molar-refractivity contribution in [3.63, 3.8) is 0 Å². The number of allylic oxidation sites excluding steroid dienone is 1. The van der Waals surface area contributed by atoms with E-state index in [1.165, 1.54) is 6.08 Å². The Morgan fingerprint density at radius 3 is 2.04 bits per heavy atom. The number of sulfone groups is 1. The minimum atomic E-state index is -3.91. The van der Waals surface area contributed by atoms with E-state index < -0.39 is 20.5 Å². The van der Waals surface area contributed by atoms with Crippen LogP contribution in [0, 0.1) is 22.7 Å². The van der Waals surface area contributed by atoms with E-state index in [2.05, 4.69) is 13.8 Å². The summed E-state index contributed by atoms with van der Waals surface area (Å²) in [5.74, 6) is -0.465. The maximum atomic E-state index is 12.0. The quantitative estimate of drug-likeness (QED) is 0.673. The maximum absolute atomic E-state index is 12.0. The number of aryl methyl sites for hydroxylation is 2. The van der Waals surface area contributed by atoms with Crippen LogP contribution in [0.25, 0.3) is 6.08 Å². The highest BCUT2D eigenvalue weighted by Crippen LogP contribution is 2.29. The van der Waals surface area contributed by atoms with Crippen LogP contribution in [-0.2, 0) is 22.7 Å². The van der Waals surface area contributed by atoms with Crippen LogP contribution in [0.15, 0.2) is 17.0 Å². The minimum Gasteiger partial charge on any atom is -0.507 e. The zero-order valence-corrected chi connectivity index (χ0v) is 15.6. The Kier molecular flexibility index (Phi) is 8.18. The molecule has 0 fully saturated rings. The van der Waals surface area contributed by atoms with Gasteiger partial charge < -0.3 is 5.11 Å². The van der Waals surface area contributed by atoms with Crippen LogP contribution in [-0.4, -0.2) is 19.3 Å². The van der Waals surface area contributed by atoms with E-state index in [1.54, 1.807) is 24.3 Å². The van der Waals surface area contributed by atoms with Crippen LogP contribution in [0.5, 0.6) is 5.75 Å². The molecule has 0 spiro atoms. The zero-order chi connectivity index (χ0) is 18.9. The van der Waals surface area contributed by atoms with Crippen LogP contribution in [0.4, 0.5) is 0 Å². The summed E-state index contributed by atoms with van der Waals surface area (Å²) < 4.78 is 24.0. The Morgan fingerprint density at radius 2 is 1.64 bits per heavy atom. The van der Waals surface area contributed by atoms with Crippen molar-refractivity contribution >= 4 is 15.9 Å². The summed E-state index contributed by atoms with van der Waals surface area (Å²) >= 11 is 0. The lowest BCUT2D eigenvalue weighted by atomic mass is 9.97. The Balaban J connectivity index is 3.40. The third-order valence-corrected chi connectivity index (χ3v) is 5.28. The molecule has 134 valence electrons. The van der Waals surface area contributed by atoms with Gasteiger partial charge in [0.15, 0.2) is 0 Å². The molecular weight excluding hydrogens is 336 g/mol. The summed E-state index contributed by atoms with van der Waals surface area (Å²) in [5, 5.41) is 28.3. The molecule has 0 aliphatic rings. The van der Waals surface area contributed by atoms with Gasteiger partial charge in [-0.3, -0.25) is 0 Å². The van der Waals surface area contributed by atoms with Gasteiger partial charge in [0.25, 0.3) is 0 Å². The van der Waals surface area contributed by atoms with Crippen LogP contribution < -0.4 is 0 Å². The summed E-state index contributed by atoms with van der Waals surface area (Å²) in [7, 11) is -3.91. The minimum absolute atomic E-state index is 0.262. The zero-order valence-electron chi connectivity index (χ0n) is 14.7. The van der Waals surface area contributed by atoms with Crippen LogP contribution in [0.3, 0.4) is 0 Å². The lowest BCUT2D eigenvalue weighted by molar-refractivity contribution is 0.458. The van der Waals surface area contributed by atoms with Gasteiger partial charge in [0.05, 0.1) is 6.07 Å². The molecule has 0 unspecified atom stereocenters. The van der Waals surface area contributed by atoms with Crippen molar-refractivity contribution in [2.24, 2.45) is 0 Å². The molecule has 1 rings (SSSR count). The molecule has 5 nitrogen and oxygen atoms in total. The van der Waals surface area contributed by atoms with Crippen molar-refractivity contribution in [1.82, 2.24) is 0 Å². The van der Waals surface area contributed by atoms with Gasteiger partial charge in [-0.25, -0.2) is 8.42 Å². The average Bonchev–Trinajstić information content (AvgIpc) is 2.58. The summed E-state index contributed by atoms with van der Waals surface area (Å²) in [6.45, 7) is 4.11. The van der Waals surface area contributed by atoms with Gasteiger partial charge in [-0.1, -0.05) is 26.7 Å². The van der Waals surface area contributed by atoms with Gasteiger partial charge >= 0.3 is 0 Å². The predicted molar refractivity (Wildman–Crippen MR) is 98.3 cm³/mol. The maximum Gasteiger partial charge on any atom is 0.201 e. The van der Waals surface area contributed by atoms with Crippen LogP contribution in [0.1, 0.15) is 56.2 Å². The number of phenols is 1. The molecule has 0 bridgehead atoms. The molecule has 0 heterocycles. The monoisotopic (exact) mass is 360 g/mol. The van der Waals surface area contributed by atoms with Crippen LogP contribution >= 0.6 is 0 Å². The van der Waals surface area contributed by atoms with Gasteiger partial charge in [0.1, 0.15) is 22.5 Å². The standard InChI is InChI=1S/C19H24N2O3S/c1-3-5-7-16-11-15(12-17(19(16)22)8-6-4-2)13-18(14-21)25(23,24)10-9-20/h11-13,22H,3-8,10H2,1-2H3. The first-order valence-corrected chi connectivity index (χ1v) is 10.1. The van der Waals surface area contributed by atoms with E-state index in [0.29, 0.717) is 18.4 Å². The second-order valence-corrected chi connectivity index (χ2v) is 7.89. The highest BCUT2D eigenvalue weighted by atomic mass is 32.2. The number of nitriles is 2. The molecule has 0 aliphatic carbocycles. The molecule has 25 heavy (non-hydrogen) atoms. The Morgan fingerprint density at radius 1 is 1.12 bits per heavy atom. The fourth-order valence-electron chi connectivity index (χ4n) is 2.49. The lowest BCUT2D eigenvalue weighted by Gasteiger charge is -2.12. The number of rotatable bonds is 9. The van der Waals surface area contributed by atoms with Gasteiger partial charge in [-0.15, -0.1) is 0 Å². The number of nitrogens with zero attached hydrogens (tertiary/aromatic N) is 2. The smallest absolute Gasteiger partial charge is 0.201 e. The van der Waals surface area contributed by atoms with Gasteiger partial charge in [-0.05, 0) is 60.6 Å². The number of unbranched alkanes of at least 4 members (excludes halogenated alkanes) is 2. The predicted octanol–water partition coefficient (Wildman–Crippen LogP) is 3.88. The molecule has 1 N–H and O–H groups in total. The van der Waals surface area contributed by atoms with E-state index in [4.69, 9.17) is 10.5 Å². The molecule has 0 saturated carbocycles. The molecule has 6 heteroatoms. The van der Waals surface area contributed by atoms with Crippen molar-refractivity contribution in [3.05, 3.63) is 33.7 Å². The topological polar surface area (TPSA) is 102 Å². The normalized spacial score (nSPS) is 11.8. The number of hydrogen-bond donors (Lipinski definition) is 1. The van der Waals surface area contributed by atoms with Crippen molar-refractivity contribution in [3.8, 4) is 17.9 Å². The first kappa shape index (κ1) is 20.7. The van der Waals surface area contributed by atoms with Gasteiger partial charge in [-0.2, -0.15) is 10.5 Å². The third-order valence-electron chi connectivity index (χ3n) is 3.89. The van der Waals surface area contributed by atoms with Crippen molar-refractivity contribution in [2.45, 2.75) is 52.4 Å². The number of aromatic hydroxyl groups is 1. The summed E-state index contributed by atoms with van der Waals surface area (Å²) in [6.07, 6.45) is 6.44. The molecule has 0 aromatic heterocycles. The lowest BCUT2D eigenvalue weighted by Crippen LogP contribution is -2.06. The first-order valence-electron chi connectivity index (χ1n) is 8.45. The largest absolute Gasteiger partial charge is 0.507 e. The fraction of sp³-hybridized carbons (Fsp3) is 0.474. The second kappa shape index (κ2) is 9.86. The first-order chi connectivity index (χ1) is 11.9. The highest BCUT2D eigenvalue weighted by molar-refractivity contribution is 7.95. The summed E-state index contributed by atoms with van der Waals surface area (Å²) in [4.78, 5) is -0.428. The molecule has 0 radical (unpaired) electrons. The highest BCUT2D eigenvalue weighted by Gasteiger charge is 2.18. The SMILES string of the molecule is CCCCc1cc(C=C(C#N)S(=O)(=O)CC#N)cc(CCCC)c1O. The third kappa shape index (κ3) is 5.92. The van der Waals surface area contributed by atoms with E-state index in [1.807, 2.05) is 0 Å². The molecule has 0 atom stereocenters. The van der Waals surface area contributed by atoms with E-state index in [9.17, 15) is 13.5 Å². The number of phenolic OH excluding ortho intramolecular Hbond substituents is 1. The van der Waals surface area contributed by atoms with E-state index in [-0.39, 0.29) is 5.75 Å². The Hall–Kier alpha value is -2.31. The van der Waals surface area contributed by atoms with Crippen molar-refractivity contribution in [1.29, 1.82) is 10.5 Å². The molecule has 0 aliphatic heterocycles. The summed E-state index contributed by atoms with van der Waals surface area (Å²) in [5.41, 5.74) is 2.08.